The Kier molecular flexibility index (Phi) is 4.20. The van der Waals surface area contributed by atoms with Crippen LogP contribution in [0.3, 0.4) is 0 Å². The molecule has 0 bridgehead atoms. The van der Waals surface area contributed by atoms with Crippen LogP contribution in [0.25, 0.3) is 5.52 Å². The van der Waals surface area contributed by atoms with E-state index in [-0.39, 0.29) is 0 Å². The Morgan fingerprint density at radius 2 is 2.23 bits per heavy atom. The van der Waals surface area contributed by atoms with Crippen molar-refractivity contribution >= 4 is 15.5 Å². The van der Waals surface area contributed by atoms with Gasteiger partial charge in [-0.05, 0) is 24.5 Å². The molecule has 0 radical (unpaired) electrons. The molecule has 2 aromatic heterocycles. The summed E-state index contributed by atoms with van der Waals surface area (Å²) < 4.78 is 26.7. The van der Waals surface area contributed by atoms with Crippen molar-refractivity contribution in [1.82, 2.24) is 19.2 Å². The van der Waals surface area contributed by atoms with Gasteiger partial charge in [-0.3, -0.25) is 0 Å². The van der Waals surface area contributed by atoms with E-state index < -0.39 is 10.0 Å². The minimum Gasteiger partial charge on any atom is -0.309 e. The maximum absolute atomic E-state index is 11.6. The number of fused-ring (bicyclic) bond motifs is 1. The third kappa shape index (κ3) is 3.16. The van der Waals surface area contributed by atoms with Crippen molar-refractivity contribution < 1.29 is 8.42 Å². The largest absolute Gasteiger partial charge is 0.309 e. The highest BCUT2D eigenvalue weighted by atomic mass is 32.2. The Hall–Kier alpha value is -1.44. The summed E-state index contributed by atoms with van der Waals surface area (Å²) in [6, 6.07) is 6.35. The molecule has 0 aromatic carbocycles. The molecular weight excluding hydrogens is 300 g/mol. The van der Waals surface area contributed by atoms with Gasteiger partial charge in [0.2, 0.25) is 10.0 Å². The topological polar surface area (TPSA) is 66.7 Å². The SMILES string of the molecule is C[C@H]1CN(S(C)(=O)=O)CC[C@@H]1NCc1cnn2ccccc12. The molecule has 2 atom stereocenters. The van der Waals surface area contributed by atoms with Gasteiger partial charge >= 0.3 is 0 Å². The van der Waals surface area contributed by atoms with Gasteiger partial charge in [0.1, 0.15) is 0 Å². The second-order valence-electron chi connectivity index (χ2n) is 6.07. The highest BCUT2D eigenvalue weighted by molar-refractivity contribution is 7.88. The molecule has 3 rings (SSSR count). The maximum atomic E-state index is 11.6. The molecule has 1 fully saturated rings. The van der Waals surface area contributed by atoms with Gasteiger partial charge in [-0.2, -0.15) is 5.10 Å². The Morgan fingerprint density at radius 3 is 2.95 bits per heavy atom. The molecule has 0 saturated carbocycles. The minimum atomic E-state index is -3.08. The Bertz CT molecular complexity index is 756. The number of hydrogen-bond acceptors (Lipinski definition) is 4. The lowest BCUT2D eigenvalue weighted by atomic mass is 9.95. The van der Waals surface area contributed by atoms with Crippen LogP contribution in [0.15, 0.2) is 30.6 Å². The summed E-state index contributed by atoms with van der Waals surface area (Å²) in [5.74, 6) is 0.297. The van der Waals surface area contributed by atoms with Crippen molar-refractivity contribution in [2.45, 2.75) is 25.9 Å². The highest BCUT2D eigenvalue weighted by Gasteiger charge is 2.30. The average Bonchev–Trinajstić information content (AvgIpc) is 2.88. The van der Waals surface area contributed by atoms with Crippen LogP contribution < -0.4 is 5.32 Å². The summed E-state index contributed by atoms with van der Waals surface area (Å²) in [5.41, 5.74) is 2.27. The quantitative estimate of drug-likeness (QED) is 0.915. The highest BCUT2D eigenvalue weighted by Crippen LogP contribution is 2.20. The van der Waals surface area contributed by atoms with E-state index in [1.54, 1.807) is 4.31 Å². The van der Waals surface area contributed by atoms with Gasteiger partial charge < -0.3 is 5.32 Å². The first kappa shape index (κ1) is 15.5. The van der Waals surface area contributed by atoms with Crippen LogP contribution in [-0.2, 0) is 16.6 Å². The second kappa shape index (κ2) is 5.98. The molecule has 0 unspecified atom stereocenters. The lowest BCUT2D eigenvalue weighted by Crippen LogP contribution is -2.49. The van der Waals surface area contributed by atoms with E-state index in [1.807, 2.05) is 29.0 Å². The van der Waals surface area contributed by atoms with Crippen molar-refractivity contribution in [3.8, 4) is 0 Å². The van der Waals surface area contributed by atoms with Crippen molar-refractivity contribution in [2.75, 3.05) is 19.3 Å². The smallest absolute Gasteiger partial charge is 0.211 e. The molecule has 120 valence electrons. The summed E-state index contributed by atoms with van der Waals surface area (Å²) in [7, 11) is -3.08. The lowest BCUT2D eigenvalue weighted by Gasteiger charge is -2.36. The van der Waals surface area contributed by atoms with Crippen molar-refractivity contribution in [3.05, 3.63) is 36.2 Å². The molecule has 1 aliphatic rings. The maximum Gasteiger partial charge on any atom is 0.211 e. The lowest BCUT2D eigenvalue weighted by molar-refractivity contribution is 0.220. The molecule has 0 aliphatic carbocycles. The second-order valence-corrected chi connectivity index (χ2v) is 8.06. The summed E-state index contributed by atoms with van der Waals surface area (Å²) in [6.07, 6.45) is 5.95. The third-order valence-electron chi connectivity index (χ3n) is 4.40. The molecule has 3 heterocycles. The molecular formula is C15H22N4O2S. The first-order valence-corrected chi connectivity index (χ1v) is 9.40. The van der Waals surface area contributed by atoms with Crippen LogP contribution in [0.2, 0.25) is 0 Å². The number of nitrogens with zero attached hydrogens (tertiary/aromatic N) is 3. The molecule has 6 nitrogen and oxygen atoms in total. The van der Waals surface area contributed by atoms with E-state index in [9.17, 15) is 8.42 Å². The van der Waals surface area contributed by atoms with Crippen LogP contribution in [0.4, 0.5) is 0 Å². The standard InChI is InChI=1S/C15H22N4O2S/c1-12-11-18(22(2,20)21)8-6-14(12)16-9-13-10-17-19-7-4-3-5-15(13)19/h3-5,7,10,12,14,16H,6,8-9,11H2,1-2H3/t12-,14-/m0/s1. The average molecular weight is 322 g/mol. The molecule has 0 spiro atoms. The van der Waals surface area contributed by atoms with Crippen molar-refractivity contribution in [3.63, 3.8) is 0 Å². The molecule has 1 saturated heterocycles. The summed E-state index contributed by atoms with van der Waals surface area (Å²) >= 11 is 0. The predicted octanol–water partition coefficient (Wildman–Crippen LogP) is 1.09. The Morgan fingerprint density at radius 1 is 1.41 bits per heavy atom. The van der Waals surface area contributed by atoms with Gasteiger partial charge in [-0.1, -0.05) is 13.0 Å². The molecule has 0 amide bonds. The molecule has 1 aliphatic heterocycles. The minimum absolute atomic E-state index is 0.297. The number of nitrogens with one attached hydrogen (secondary N) is 1. The monoisotopic (exact) mass is 322 g/mol. The van der Waals surface area contributed by atoms with E-state index >= 15 is 0 Å². The van der Waals surface area contributed by atoms with Crippen molar-refractivity contribution in [2.24, 2.45) is 5.92 Å². The fourth-order valence-electron chi connectivity index (χ4n) is 3.08. The van der Waals surface area contributed by atoms with Gasteiger partial charge in [0.25, 0.3) is 0 Å². The normalized spacial score (nSPS) is 23.9. The van der Waals surface area contributed by atoms with E-state index in [1.165, 1.54) is 11.8 Å². The zero-order valence-electron chi connectivity index (χ0n) is 12.9. The molecule has 1 N–H and O–H groups in total. The number of rotatable bonds is 4. The van der Waals surface area contributed by atoms with Gasteiger partial charge in [-0.25, -0.2) is 17.2 Å². The number of pyridine rings is 1. The fraction of sp³-hybridized carbons (Fsp3) is 0.533. The van der Waals surface area contributed by atoms with Crippen LogP contribution in [0, 0.1) is 5.92 Å². The Balaban J connectivity index is 1.63. The first-order chi connectivity index (χ1) is 10.4. The number of sulfonamides is 1. The first-order valence-electron chi connectivity index (χ1n) is 7.55. The van der Waals surface area contributed by atoms with Crippen molar-refractivity contribution in [1.29, 1.82) is 0 Å². The van der Waals surface area contributed by atoms with Gasteiger partial charge in [0.05, 0.1) is 18.0 Å². The van der Waals surface area contributed by atoms with Crippen LogP contribution >= 0.6 is 0 Å². The number of aromatic nitrogens is 2. The van der Waals surface area contributed by atoms with Crippen LogP contribution in [0.5, 0.6) is 0 Å². The number of piperidine rings is 1. The Labute approximate surface area is 131 Å². The van der Waals surface area contributed by atoms with E-state index in [4.69, 9.17) is 0 Å². The summed E-state index contributed by atoms with van der Waals surface area (Å²) in [5, 5.41) is 7.90. The third-order valence-corrected chi connectivity index (χ3v) is 5.67. The summed E-state index contributed by atoms with van der Waals surface area (Å²) in [4.78, 5) is 0. The fourth-order valence-corrected chi connectivity index (χ4v) is 4.02. The summed E-state index contributed by atoms with van der Waals surface area (Å²) in [6.45, 7) is 4.04. The molecule has 22 heavy (non-hydrogen) atoms. The zero-order valence-corrected chi connectivity index (χ0v) is 13.8. The zero-order chi connectivity index (χ0) is 15.7. The van der Waals surface area contributed by atoms with Crippen LogP contribution in [0.1, 0.15) is 18.9 Å². The van der Waals surface area contributed by atoms with Gasteiger partial charge in [0, 0.05) is 37.4 Å². The van der Waals surface area contributed by atoms with E-state index in [0.29, 0.717) is 25.0 Å². The van der Waals surface area contributed by atoms with Crippen LogP contribution in [-0.4, -0.2) is 47.7 Å². The number of hydrogen-bond donors (Lipinski definition) is 1. The van der Waals surface area contributed by atoms with Gasteiger partial charge in [0.15, 0.2) is 0 Å². The molecule has 7 heteroatoms. The van der Waals surface area contributed by atoms with E-state index in [0.717, 1.165) is 18.5 Å². The molecule has 2 aromatic rings. The van der Waals surface area contributed by atoms with E-state index in [2.05, 4.69) is 23.4 Å². The van der Waals surface area contributed by atoms with Gasteiger partial charge in [-0.15, -0.1) is 0 Å². The predicted molar refractivity (Wildman–Crippen MR) is 86.0 cm³/mol.